The monoisotopic (exact) mass is 373 g/mol. The molecule has 5 nitrogen and oxygen atoms in total. The lowest BCUT2D eigenvalue weighted by Gasteiger charge is -2.38. The van der Waals surface area contributed by atoms with E-state index >= 15 is 0 Å². The Balaban J connectivity index is 1.84. The third kappa shape index (κ3) is 5.72. The van der Waals surface area contributed by atoms with Gasteiger partial charge >= 0.3 is 6.03 Å². The second-order valence-electron chi connectivity index (χ2n) is 9.33. The van der Waals surface area contributed by atoms with Gasteiger partial charge < -0.3 is 15.1 Å². The van der Waals surface area contributed by atoms with Gasteiger partial charge in [0.15, 0.2) is 0 Å². The molecule has 1 aliphatic rings. The number of rotatable bonds is 4. The number of hydrogen-bond donors (Lipinski definition) is 1. The molecule has 0 radical (unpaired) electrons. The molecule has 1 atom stereocenters. The molecule has 0 aromatic heterocycles. The fourth-order valence-electron chi connectivity index (χ4n) is 3.71. The Morgan fingerprint density at radius 2 is 1.48 bits per heavy atom. The maximum Gasteiger partial charge on any atom is 0.317 e. The number of nitrogens with one attached hydrogen (secondary N) is 1. The fraction of sp³-hybridized carbons (Fsp3) is 0.636. The number of nitrogens with zero attached hydrogens (tertiary/aromatic N) is 2. The summed E-state index contributed by atoms with van der Waals surface area (Å²) < 4.78 is 0. The van der Waals surface area contributed by atoms with E-state index in [1.165, 1.54) is 5.56 Å². The van der Waals surface area contributed by atoms with Crippen molar-refractivity contribution < 1.29 is 9.59 Å². The summed E-state index contributed by atoms with van der Waals surface area (Å²) in [5, 5.41) is 3.13. The summed E-state index contributed by atoms with van der Waals surface area (Å²) >= 11 is 0. The average Bonchev–Trinajstić information content (AvgIpc) is 2.60. The molecular weight excluding hydrogens is 338 g/mol. The quantitative estimate of drug-likeness (QED) is 0.876. The summed E-state index contributed by atoms with van der Waals surface area (Å²) in [4.78, 5) is 28.7. The van der Waals surface area contributed by atoms with Crippen molar-refractivity contribution in [3.63, 3.8) is 0 Å². The van der Waals surface area contributed by atoms with Gasteiger partial charge in [0.05, 0.1) is 0 Å². The summed E-state index contributed by atoms with van der Waals surface area (Å²) in [7, 11) is 0. The Morgan fingerprint density at radius 3 is 2.00 bits per heavy atom. The van der Waals surface area contributed by atoms with Crippen LogP contribution in [0.4, 0.5) is 4.79 Å². The molecule has 1 aromatic rings. The van der Waals surface area contributed by atoms with E-state index in [9.17, 15) is 9.59 Å². The molecule has 2 rings (SSSR count). The highest BCUT2D eigenvalue weighted by molar-refractivity contribution is 5.82. The largest absolute Gasteiger partial charge is 0.339 e. The van der Waals surface area contributed by atoms with Crippen LogP contribution in [0.1, 0.15) is 53.5 Å². The molecule has 0 aliphatic carbocycles. The van der Waals surface area contributed by atoms with Crippen molar-refractivity contribution in [3.8, 4) is 0 Å². The number of carbonyl (C=O) groups is 2. The lowest BCUT2D eigenvalue weighted by Crippen LogP contribution is -2.56. The SMILES string of the molecule is CC(CC(C)(C)c1ccccc1)NC(=O)N1CCN(C(=O)C(C)(C)C)CC1. The van der Waals surface area contributed by atoms with Gasteiger partial charge in [0.2, 0.25) is 5.91 Å². The molecule has 1 heterocycles. The molecule has 1 fully saturated rings. The van der Waals surface area contributed by atoms with E-state index in [-0.39, 0.29) is 28.8 Å². The highest BCUT2D eigenvalue weighted by atomic mass is 16.2. The number of carbonyl (C=O) groups excluding carboxylic acids is 2. The van der Waals surface area contributed by atoms with Gasteiger partial charge in [-0.15, -0.1) is 0 Å². The van der Waals surface area contributed by atoms with E-state index in [4.69, 9.17) is 0 Å². The van der Waals surface area contributed by atoms with Gasteiger partial charge in [-0.1, -0.05) is 65.0 Å². The first-order valence-corrected chi connectivity index (χ1v) is 9.91. The minimum absolute atomic E-state index is 0.00815. The van der Waals surface area contributed by atoms with Crippen molar-refractivity contribution in [1.29, 1.82) is 0 Å². The summed E-state index contributed by atoms with van der Waals surface area (Å²) in [6.07, 6.45) is 0.866. The smallest absolute Gasteiger partial charge is 0.317 e. The Hall–Kier alpha value is -2.04. The first-order chi connectivity index (χ1) is 12.5. The molecule has 1 unspecified atom stereocenters. The molecule has 1 aliphatic heterocycles. The van der Waals surface area contributed by atoms with Gasteiger partial charge in [-0.25, -0.2) is 4.79 Å². The first kappa shape index (κ1) is 21.3. The minimum atomic E-state index is -0.373. The van der Waals surface area contributed by atoms with Crippen molar-refractivity contribution in [3.05, 3.63) is 35.9 Å². The normalized spacial score (nSPS) is 16.8. The molecule has 27 heavy (non-hydrogen) atoms. The van der Waals surface area contributed by atoms with Crippen molar-refractivity contribution >= 4 is 11.9 Å². The third-order valence-electron chi connectivity index (χ3n) is 5.24. The van der Waals surface area contributed by atoms with Gasteiger partial charge in [-0.3, -0.25) is 4.79 Å². The lowest BCUT2D eigenvalue weighted by molar-refractivity contribution is -0.140. The molecule has 0 spiro atoms. The van der Waals surface area contributed by atoms with Crippen LogP contribution in [0, 0.1) is 5.41 Å². The number of urea groups is 1. The van der Waals surface area contributed by atoms with Crippen LogP contribution in [-0.4, -0.2) is 54.0 Å². The predicted octanol–water partition coefficient (Wildman–Crippen LogP) is 3.64. The zero-order chi connectivity index (χ0) is 20.2. The Labute approximate surface area is 164 Å². The van der Waals surface area contributed by atoms with Gasteiger partial charge in [0.1, 0.15) is 0 Å². The van der Waals surface area contributed by atoms with E-state index < -0.39 is 0 Å². The van der Waals surface area contributed by atoms with Crippen molar-refractivity contribution in [1.82, 2.24) is 15.1 Å². The topological polar surface area (TPSA) is 52.7 Å². The molecule has 0 bridgehead atoms. The predicted molar refractivity (Wildman–Crippen MR) is 110 cm³/mol. The molecule has 150 valence electrons. The Bertz CT molecular complexity index is 641. The van der Waals surface area contributed by atoms with Gasteiger partial charge in [-0.2, -0.15) is 0 Å². The van der Waals surface area contributed by atoms with Crippen LogP contribution in [0.15, 0.2) is 30.3 Å². The molecule has 0 saturated carbocycles. The van der Waals surface area contributed by atoms with E-state index in [1.807, 2.05) is 36.6 Å². The van der Waals surface area contributed by atoms with Crippen LogP contribution in [0.3, 0.4) is 0 Å². The van der Waals surface area contributed by atoms with Crippen LogP contribution in [0.5, 0.6) is 0 Å². The molecule has 1 aromatic carbocycles. The van der Waals surface area contributed by atoms with E-state index in [0.29, 0.717) is 26.2 Å². The van der Waals surface area contributed by atoms with Gasteiger partial charge in [0.25, 0.3) is 0 Å². The fourth-order valence-corrected chi connectivity index (χ4v) is 3.71. The number of hydrogen-bond acceptors (Lipinski definition) is 2. The average molecular weight is 374 g/mol. The second-order valence-corrected chi connectivity index (χ2v) is 9.33. The number of piperazine rings is 1. The maximum absolute atomic E-state index is 12.6. The zero-order valence-electron chi connectivity index (χ0n) is 17.7. The van der Waals surface area contributed by atoms with Gasteiger partial charge in [-0.05, 0) is 24.3 Å². The summed E-state index contributed by atoms with van der Waals surface area (Å²) in [5.41, 5.74) is 0.897. The molecule has 1 N–H and O–H groups in total. The number of benzene rings is 1. The number of amides is 3. The molecule has 1 saturated heterocycles. The van der Waals surface area contributed by atoms with Crippen molar-refractivity contribution in [2.45, 2.75) is 59.4 Å². The Morgan fingerprint density at radius 1 is 0.963 bits per heavy atom. The van der Waals surface area contributed by atoms with Crippen LogP contribution in [0.25, 0.3) is 0 Å². The second kappa shape index (κ2) is 8.32. The highest BCUT2D eigenvalue weighted by Gasteiger charge is 2.31. The zero-order valence-corrected chi connectivity index (χ0v) is 17.7. The van der Waals surface area contributed by atoms with Crippen LogP contribution < -0.4 is 5.32 Å². The van der Waals surface area contributed by atoms with Crippen molar-refractivity contribution in [2.75, 3.05) is 26.2 Å². The molecule has 5 heteroatoms. The highest BCUT2D eigenvalue weighted by Crippen LogP contribution is 2.28. The summed E-state index contributed by atoms with van der Waals surface area (Å²) in [5.74, 6) is 0.153. The molecule has 3 amide bonds. The molecular formula is C22H35N3O2. The third-order valence-corrected chi connectivity index (χ3v) is 5.24. The standard InChI is InChI=1S/C22H35N3O2/c1-17(16-22(5,6)18-10-8-7-9-11-18)23-20(27)25-14-12-24(13-15-25)19(26)21(2,3)4/h7-11,17H,12-16H2,1-6H3,(H,23,27). The maximum atomic E-state index is 12.6. The van der Waals surface area contributed by atoms with E-state index in [0.717, 1.165) is 6.42 Å². The Kier molecular flexibility index (Phi) is 6.55. The van der Waals surface area contributed by atoms with Gasteiger partial charge in [0, 0.05) is 37.6 Å². The summed E-state index contributed by atoms with van der Waals surface area (Å²) in [6.45, 7) is 14.7. The van der Waals surface area contributed by atoms with Crippen molar-refractivity contribution in [2.24, 2.45) is 5.41 Å². The van der Waals surface area contributed by atoms with E-state index in [2.05, 4.69) is 50.4 Å². The minimum Gasteiger partial charge on any atom is -0.339 e. The first-order valence-electron chi connectivity index (χ1n) is 9.91. The van der Waals surface area contributed by atoms with Crippen LogP contribution in [0.2, 0.25) is 0 Å². The van der Waals surface area contributed by atoms with E-state index in [1.54, 1.807) is 0 Å². The van der Waals surface area contributed by atoms with Crippen LogP contribution in [-0.2, 0) is 10.2 Å². The van der Waals surface area contributed by atoms with Crippen LogP contribution >= 0.6 is 0 Å². The lowest BCUT2D eigenvalue weighted by atomic mass is 9.79. The summed E-state index contributed by atoms with van der Waals surface area (Å²) in [6, 6.07) is 10.4.